The van der Waals surface area contributed by atoms with Gasteiger partial charge in [-0.1, -0.05) is 106 Å². The van der Waals surface area contributed by atoms with Crippen molar-refractivity contribution in [3.05, 3.63) is 161 Å². The fraction of sp³-hybridized carbons (Fsp3) is 0.231. The number of anilines is 1. The molecule has 2 aromatic heterocycles. The third-order valence-electron chi connectivity index (χ3n) is 7.85. The predicted octanol–water partition coefficient (Wildman–Crippen LogP) is 10.7. The van der Waals surface area contributed by atoms with Gasteiger partial charge in [0.2, 0.25) is 0 Å². The van der Waals surface area contributed by atoms with Crippen molar-refractivity contribution >= 4 is 28.2 Å². The second kappa shape index (κ2) is 15.3. The largest absolute Gasteiger partial charge is 0.362 e. The van der Waals surface area contributed by atoms with Gasteiger partial charge in [-0.25, -0.2) is 0 Å². The summed E-state index contributed by atoms with van der Waals surface area (Å²) in [5.41, 5.74) is 8.44. The van der Waals surface area contributed by atoms with Crippen LogP contribution in [0.4, 0.5) is 5.69 Å². The fourth-order valence-electron chi connectivity index (χ4n) is 5.42. The van der Waals surface area contributed by atoms with Gasteiger partial charge in [-0.15, -0.1) is 0 Å². The zero-order valence-electron chi connectivity index (χ0n) is 25.8. The number of rotatable bonds is 11. The van der Waals surface area contributed by atoms with Crippen molar-refractivity contribution in [2.24, 2.45) is 0 Å². The molecule has 0 fully saturated rings. The van der Waals surface area contributed by atoms with Gasteiger partial charge >= 0.3 is 0 Å². The van der Waals surface area contributed by atoms with Crippen LogP contribution in [0.2, 0.25) is 5.02 Å². The normalized spacial score (nSPS) is 12.4. The van der Waals surface area contributed by atoms with E-state index in [4.69, 9.17) is 16.6 Å². The molecule has 5 aromatic rings. The Morgan fingerprint density at radius 1 is 0.907 bits per heavy atom. The highest BCUT2D eigenvalue weighted by Crippen LogP contribution is 2.41. The lowest BCUT2D eigenvalue weighted by Gasteiger charge is -2.32. The van der Waals surface area contributed by atoms with E-state index in [0.717, 1.165) is 69.7 Å². The maximum atomic E-state index is 7.32. The van der Waals surface area contributed by atoms with Crippen LogP contribution in [0.3, 0.4) is 0 Å². The van der Waals surface area contributed by atoms with Gasteiger partial charge in [-0.05, 0) is 84.0 Å². The lowest BCUT2D eigenvalue weighted by Crippen LogP contribution is -2.25. The van der Waals surface area contributed by atoms with E-state index in [1.165, 1.54) is 11.1 Å². The maximum Gasteiger partial charge on any atom is 0.0720 e. The molecule has 0 saturated carbocycles. The Morgan fingerprint density at radius 3 is 2.33 bits per heavy atom. The van der Waals surface area contributed by atoms with E-state index in [0.29, 0.717) is 0 Å². The van der Waals surface area contributed by atoms with Crippen molar-refractivity contribution in [3.8, 4) is 0 Å². The number of hydrogen-bond acceptors (Lipinski definition) is 3. The molecule has 0 aliphatic rings. The number of hydrogen-bond donors (Lipinski definition) is 1. The van der Waals surface area contributed by atoms with Crippen molar-refractivity contribution < 1.29 is 0 Å². The summed E-state index contributed by atoms with van der Waals surface area (Å²) in [5, 5.41) is 5.04. The minimum Gasteiger partial charge on any atom is -0.362 e. The van der Waals surface area contributed by atoms with Crippen molar-refractivity contribution in [1.29, 1.82) is 0 Å². The molecule has 43 heavy (non-hydrogen) atoms. The minimum absolute atomic E-state index is 0.406. The van der Waals surface area contributed by atoms with Crippen LogP contribution in [-0.2, 0) is 18.3 Å². The van der Waals surface area contributed by atoms with Crippen LogP contribution in [0.25, 0.3) is 10.9 Å². The molecule has 3 aromatic carbocycles. The van der Waals surface area contributed by atoms with Crippen molar-refractivity contribution in [3.63, 3.8) is 0 Å². The number of aryl methyl sites for hydroxylation is 1. The molecular weight excluding hydrogens is 546 g/mol. The summed E-state index contributed by atoms with van der Waals surface area (Å²) in [7, 11) is 0. The van der Waals surface area contributed by atoms with Crippen LogP contribution in [-0.4, -0.2) is 9.97 Å². The standard InChI is InChI=1S/C37H36ClN3.C2H6/c1-4-6-15-34-32(24-27-16-19-31(20-17-27)40-23-7-5-2)36(38)33-25-29(18-21-35(33)41-34)37(3,28-12-9-8-10-13-28)30-14-11-22-39-26-30;1-2/h5,7-14,16-23,25-26,40H,2,4,6,15,24H2,1,3H3;1-2H3/b23-7-;. The van der Waals surface area contributed by atoms with Crippen LogP contribution in [0, 0.1) is 0 Å². The number of unbranched alkanes of at least 4 members (excludes halogenated alkanes) is 1. The van der Waals surface area contributed by atoms with E-state index in [2.05, 4.69) is 110 Å². The Morgan fingerprint density at radius 2 is 1.65 bits per heavy atom. The van der Waals surface area contributed by atoms with Gasteiger partial charge in [0.15, 0.2) is 0 Å². The first-order chi connectivity index (χ1) is 21.0. The molecule has 5 rings (SSSR count). The van der Waals surface area contributed by atoms with Crippen LogP contribution >= 0.6 is 11.6 Å². The quantitative estimate of drug-likeness (QED) is 0.156. The van der Waals surface area contributed by atoms with Crippen LogP contribution < -0.4 is 5.32 Å². The SMILES string of the molecule is C=C/C=C\Nc1ccc(Cc2c(CCCC)nc3ccc(C(C)(c4ccccc4)c4cccnc4)cc3c2Cl)cc1.CC. The first kappa shape index (κ1) is 31.7. The van der Waals surface area contributed by atoms with E-state index in [1.54, 1.807) is 6.08 Å². The highest BCUT2D eigenvalue weighted by Gasteiger charge is 2.32. The molecule has 0 saturated heterocycles. The van der Waals surface area contributed by atoms with Gasteiger partial charge in [-0.2, -0.15) is 0 Å². The second-order valence-corrected chi connectivity index (χ2v) is 10.9. The van der Waals surface area contributed by atoms with Crippen LogP contribution in [0.15, 0.2) is 122 Å². The van der Waals surface area contributed by atoms with Gasteiger partial charge in [0.25, 0.3) is 0 Å². The molecular formula is C39H42ClN3. The number of aromatic nitrogens is 2. The molecule has 2 heterocycles. The molecule has 1 atom stereocenters. The monoisotopic (exact) mass is 587 g/mol. The smallest absolute Gasteiger partial charge is 0.0720 e. The number of pyridine rings is 2. The predicted molar refractivity (Wildman–Crippen MR) is 185 cm³/mol. The third-order valence-corrected chi connectivity index (χ3v) is 8.29. The molecule has 220 valence electrons. The zero-order valence-corrected chi connectivity index (χ0v) is 26.5. The van der Waals surface area contributed by atoms with Crippen LogP contribution in [0.5, 0.6) is 0 Å². The minimum atomic E-state index is -0.406. The molecule has 0 bridgehead atoms. The lowest BCUT2D eigenvalue weighted by atomic mass is 9.71. The zero-order chi connectivity index (χ0) is 30.7. The number of benzene rings is 3. The van der Waals surface area contributed by atoms with Gasteiger partial charge in [0.05, 0.1) is 10.5 Å². The van der Waals surface area contributed by atoms with Crippen molar-refractivity contribution in [2.75, 3.05) is 5.32 Å². The Labute approximate surface area is 262 Å². The number of nitrogens with one attached hydrogen (secondary N) is 1. The molecule has 1 unspecified atom stereocenters. The van der Waals surface area contributed by atoms with E-state index < -0.39 is 5.41 Å². The maximum absolute atomic E-state index is 7.32. The number of halogens is 1. The molecule has 0 spiro atoms. The van der Waals surface area contributed by atoms with Gasteiger partial charge in [0.1, 0.15) is 0 Å². The molecule has 0 amide bonds. The Balaban J connectivity index is 0.00000207. The highest BCUT2D eigenvalue weighted by atomic mass is 35.5. The molecule has 3 nitrogen and oxygen atoms in total. The fourth-order valence-corrected chi connectivity index (χ4v) is 5.75. The third kappa shape index (κ3) is 7.24. The number of fused-ring (bicyclic) bond motifs is 1. The summed E-state index contributed by atoms with van der Waals surface area (Å²) < 4.78 is 0. The van der Waals surface area contributed by atoms with Crippen molar-refractivity contribution in [2.45, 2.75) is 58.8 Å². The van der Waals surface area contributed by atoms with Gasteiger partial charge in [-0.3, -0.25) is 9.97 Å². The molecule has 1 N–H and O–H groups in total. The second-order valence-electron chi connectivity index (χ2n) is 10.5. The summed E-state index contributed by atoms with van der Waals surface area (Å²) in [6.45, 7) is 12.2. The van der Waals surface area contributed by atoms with Crippen LogP contribution in [0.1, 0.15) is 74.0 Å². The molecule has 0 aliphatic carbocycles. The topological polar surface area (TPSA) is 37.8 Å². The lowest BCUT2D eigenvalue weighted by molar-refractivity contribution is 0.689. The first-order valence-corrected chi connectivity index (χ1v) is 15.6. The Bertz CT molecular complexity index is 1600. The molecule has 4 heteroatoms. The van der Waals surface area contributed by atoms with E-state index in [-0.39, 0.29) is 0 Å². The summed E-state index contributed by atoms with van der Waals surface area (Å²) >= 11 is 7.32. The van der Waals surface area contributed by atoms with Gasteiger partial charge in [0, 0.05) is 47.2 Å². The Hall–Kier alpha value is -4.21. The van der Waals surface area contributed by atoms with Crippen molar-refractivity contribution in [1.82, 2.24) is 9.97 Å². The highest BCUT2D eigenvalue weighted by molar-refractivity contribution is 6.36. The molecule has 0 radical (unpaired) electrons. The van der Waals surface area contributed by atoms with E-state index in [1.807, 2.05) is 44.6 Å². The summed E-state index contributed by atoms with van der Waals surface area (Å²) in [6.07, 6.45) is 13.1. The average Bonchev–Trinajstić information content (AvgIpc) is 3.07. The summed E-state index contributed by atoms with van der Waals surface area (Å²) in [5.74, 6) is 0. The summed E-state index contributed by atoms with van der Waals surface area (Å²) in [6, 6.07) is 29.8. The van der Waals surface area contributed by atoms with E-state index >= 15 is 0 Å². The number of allylic oxidation sites excluding steroid dienone is 2. The van der Waals surface area contributed by atoms with Gasteiger partial charge < -0.3 is 5.32 Å². The Kier molecular flexibility index (Phi) is 11.3. The summed E-state index contributed by atoms with van der Waals surface area (Å²) in [4.78, 5) is 9.64. The average molecular weight is 588 g/mol. The van der Waals surface area contributed by atoms with E-state index in [9.17, 15) is 0 Å². The number of nitrogens with zero attached hydrogens (tertiary/aromatic N) is 2. The first-order valence-electron chi connectivity index (χ1n) is 15.2. The molecule has 0 aliphatic heterocycles.